The molecule has 1 unspecified atom stereocenters. The van der Waals surface area contributed by atoms with E-state index >= 15 is 0 Å². The molecule has 0 aromatic rings. The van der Waals surface area contributed by atoms with Crippen LogP contribution in [-0.2, 0) is 28.5 Å². The van der Waals surface area contributed by atoms with E-state index in [9.17, 15) is 9.59 Å². The summed E-state index contributed by atoms with van der Waals surface area (Å²) in [6.45, 7) is 4.70. The highest BCUT2D eigenvalue weighted by molar-refractivity contribution is 5.75. The van der Waals surface area contributed by atoms with Gasteiger partial charge in [0.2, 0.25) is 0 Å². The summed E-state index contributed by atoms with van der Waals surface area (Å²) in [5, 5.41) is 0. The van der Waals surface area contributed by atoms with E-state index in [0.717, 1.165) is 0 Å². The van der Waals surface area contributed by atoms with Crippen LogP contribution in [0.25, 0.3) is 0 Å². The molecule has 0 saturated heterocycles. The van der Waals surface area contributed by atoms with Gasteiger partial charge in [0, 0.05) is 27.6 Å². The maximum absolute atomic E-state index is 11.6. The van der Waals surface area contributed by atoms with Crippen molar-refractivity contribution in [1.29, 1.82) is 0 Å². The minimum Gasteiger partial charge on any atom is -0.469 e. The predicted molar refractivity (Wildman–Crippen MR) is 63.8 cm³/mol. The Morgan fingerprint density at radius 2 is 1.61 bits per heavy atom. The summed E-state index contributed by atoms with van der Waals surface area (Å²) < 4.78 is 20.0. The summed E-state index contributed by atoms with van der Waals surface area (Å²) in [6.07, 6.45) is -1.16. The van der Waals surface area contributed by atoms with E-state index in [1.165, 1.54) is 28.3 Å². The van der Waals surface area contributed by atoms with Crippen molar-refractivity contribution in [1.82, 2.24) is 0 Å². The molecule has 0 saturated carbocycles. The average molecular weight is 262 g/mol. The number of esters is 2. The van der Waals surface area contributed by atoms with Crippen molar-refractivity contribution in [3.8, 4) is 0 Å². The number of carbonyl (C=O) groups excluding carboxylic acids is 2. The van der Waals surface area contributed by atoms with Gasteiger partial charge >= 0.3 is 11.9 Å². The van der Waals surface area contributed by atoms with Crippen molar-refractivity contribution < 1.29 is 28.5 Å². The molecule has 0 rings (SSSR count). The molecule has 0 aliphatic heterocycles. The zero-order chi connectivity index (χ0) is 14.3. The molecule has 0 fully saturated rings. The van der Waals surface area contributed by atoms with Gasteiger partial charge in [0.05, 0.1) is 12.5 Å². The van der Waals surface area contributed by atoms with Crippen LogP contribution in [-0.4, -0.2) is 45.7 Å². The van der Waals surface area contributed by atoms with Crippen LogP contribution in [0.3, 0.4) is 0 Å². The highest BCUT2D eigenvalue weighted by atomic mass is 16.7. The van der Waals surface area contributed by atoms with Crippen molar-refractivity contribution in [2.45, 2.75) is 39.6 Å². The molecular formula is C12H22O6. The minimum atomic E-state index is -0.801. The lowest BCUT2D eigenvalue weighted by Gasteiger charge is -2.30. The van der Waals surface area contributed by atoms with E-state index in [-0.39, 0.29) is 12.4 Å². The average Bonchev–Trinajstić information content (AvgIpc) is 2.28. The van der Waals surface area contributed by atoms with Crippen LogP contribution in [0.5, 0.6) is 0 Å². The van der Waals surface area contributed by atoms with E-state index in [2.05, 4.69) is 0 Å². The Bertz CT molecular complexity index is 282. The van der Waals surface area contributed by atoms with E-state index < -0.39 is 23.8 Å². The number of carbonyl (C=O) groups is 2. The van der Waals surface area contributed by atoms with E-state index in [0.29, 0.717) is 0 Å². The molecule has 6 nitrogen and oxygen atoms in total. The molecular weight excluding hydrogens is 240 g/mol. The molecule has 1 atom stereocenters. The molecule has 0 aromatic carbocycles. The lowest BCUT2D eigenvalue weighted by molar-refractivity contribution is -0.198. The number of hydrogen-bond donors (Lipinski definition) is 0. The van der Waals surface area contributed by atoms with Crippen molar-refractivity contribution in [2.75, 3.05) is 21.3 Å². The smallest absolute Gasteiger partial charge is 0.311 e. The van der Waals surface area contributed by atoms with Crippen molar-refractivity contribution >= 4 is 11.9 Å². The maximum atomic E-state index is 11.6. The van der Waals surface area contributed by atoms with Gasteiger partial charge in [-0.25, -0.2) is 0 Å². The molecule has 106 valence electrons. The lowest BCUT2D eigenvalue weighted by atomic mass is 9.86. The third-order valence-electron chi connectivity index (χ3n) is 2.53. The second-order valence-corrected chi connectivity index (χ2v) is 4.57. The largest absolute Gasteiger partial charge is 0.469 e. The standard InChI is InChI=1S/C12H22O6/c1-8(13)18-9(10(15-4)16-5)7-12(2,3)11(14)17-6/h9-10H,7H2,1-6H3. The third-order valence-corrected chi connectivity index (χ3v) is 2.53. The van der Waals surface area contributed by atoms with Crippen LogP contribution in [0.15, 0.2) is 0 Å². The third kappa shape index (κ3) is 5.01. The summed E-state index contributed by atoms with van der Waals surface area (Å²) in [5.41, 5.74) is -0.801. The number of hydrogen-bond acceptors (Lipinski definition) is 6. The first-order valence-electron chi connectivity index (χ1n) is 5.59. The van der Waals surface area contributed by atoms with Crippen LogP contribution in [0.2, 0.25) is 0 Å². The zero-order valence-corrected chi connectivity index (χ0v) is 11.8. The highest BCUT2D eigenvalue weighted by Crippen LogP contribution is 2.27. The molecule has 6 heteroatoms. The summed E-state index contributed by atoms with van der Waals surface area (Å²) in [7, 11) is 4.20. The van der Waals surface area contributed by atoms with E-state index in [4.69, 9.17) is 18.9 Å². The predicted octanol–water partition coefficient (Wildman–Crippen LogP) is 1.13. The Balaban J connectivity index is 4.87. The van der Waals surface area contributed by atoms with Crippen molar-refractivity contribution in [3.05, 3.63) is 0 Å². The minimum absolute atomic E-state index is 0.242. The normalized spacial score (nSPS) is 13.3. The summed E-state index contributed by atoms with van der Waals surface area (Å²) >= 11 is 0. The van der Waals surface area contributed by atoms with Crippen LogP contribution in [0, 0.1) is 5.41 Å². The Hall–Kier alpha value is -1.14. The van der Waals surface area contributed by atoms with Crippen molar-refractivity contribution in [3.63, 3.8) is 0 Å². The first kappa shape index (κ1) is 16.9. The number of rotatable bonds is 7. The fraction of sp³-hybridized carbons (Fsp3) is 0.833. The Labute approximate surface area is 108 Å². The Kier molecular flexibility index (Phi) is 6.86. The zero-order valence-electron chi connectivity index (χ0n) is 11.8. The van der Waals surface area contributed by atoms with E-state index in [1.54, 1.807) is 13.8 Å². The first-order chi connectivity index (χ1) is 8.28. The highest BCUT2D eigenvalue weighted by Gasteiger charge is 2.37. The van der Waals surface area contributed by atoms with Gasteiger partial charge in [-0.15, -0.1) is 0 Å². The van der Waals surface area contributed by atoms with Gasteiger partial charge in [-0.3, -0.25) is 9.59 Å². The molecule has 0 radical (unpaired) electrons. The fourth-order valence-electron chi connectivity index (χ4n) is 1.67. The first-order valence-corrected chi connectivity index (χ1v) is 5.59. The summed E-state index contributed by atoms with van der Waals surface area (Å²) in [5.74, 6) is -0.842. The van der Waals surface area contributed by atoms with Gasteiger partial charge in [-0.2, -0.15) is 0 Å². The van der Waals surface area contributed by atoms with Crippen LogP contribution >= 0.6 is 0 Å². The second kappa shape index (κ2) is 7.33. The SMILES string of the molecule is COC(=O)C(C)(C)CC(OC(C)=O)C(OC)OC. The molecule has 0 spiro atoms. The Morgan fingerprint density at radius 3 is 1.94 bits per heavy atom. The van der Waals surface area contributed by atoms with Gasteiger partial charge < -0.3 is 18.9 Å². The summed E-state index contributed by atoms with van der Waals surface area (Å²) in [4.78, 5) is 22.7. The lowest BCUT2D eigenvalue weighted by Crippen LogP contribution is -2.40. The number of methoxy groups -OCH3 is 3. The van der Waals surface area contributed by atoms with Gasteiger partial charge in [0.15, 0.2) is 12.4 Å². The molecule has 0 heterocycles. The Morgan fingerprint density at radius 1 is 1.11 bits per heavy atom. The summed E-state index contributed by atoms with van der Waals surface area (Å²) in [6, 6.07) is 0. The van der Waals surface area contributed by atoms with E-state index in [1.807, 2.05) is 0 Å². The van der Waals surface area contributed by atoms with Gasteiger partial charge in [-0.05, 0) is 13.8 Å². The molecule has 0 amide bonds. The number of ether oxygens (including phenoxy) is 4. The monoisotopic (exact) mass is 262 g/mol. The second-order valence-electron chi connectivity index (χ2n) is 4.57. The van der Waals surface area contributed by atoms with Gasteiger partial charge in [-0.1, -0.05) is 0 Å². The van der Waals surface area contributed by atoms with Crippen LogP contribution in [0.1, 0.15) is 27.2 Å². The van der Waals surface area contributed by atoms with Gasteiger partial charge in [0.25, 0.3) is 0 Å². The molecule has 0 N–H and O–H groups in total. The quantitative estimate of drug-likeness (QED) is 0.506. The maximum Gasteiger partial charge on any atom is 0.311 e. The topological polar surface area (TPSA) is 71.1 Å². The molecule has 0 aliphatic rings. The molecule has 0 aromatic heterocycles. The molecule has 0 bridgehead atoms. The fourth-order valence-corrected chi connectivity index (χ4v) is 1.67. The van der Waals surface area contributed by atoms with Crippen LogP contribution < -0.4 is 0 Å². The molecule has 18 heavy (non-hydrogen) atoms. The van der Waals surface area contributed by atoms with Gasteiger partial charge in [0.1, 0.15) is 0 Å². The van der Waals surface area contributed by atoms with Crippen molar-refractivity contribution in [2.24, 2.45) is 5.41 Å². The molecule has 0 aliphatic carbocycles. The van der Waals surface area contributed by atoms with Crippen LogP contribution in [0.4, 0.5) is 0 Å².